The second-order valence-electron chi connectivity index (χ2n) is 4.14. The SMILES string of the molecule is O=C(O)/C=C/c1ccc(F)c(F)c1.O=Cc1ccc(F)c(F)c1. The summed E-state index contributed by atoms with van der Waals surface area (Å²) in [7, 11) is 0. The number of carbonyl (C=O) groups is 2. The highest BCUT2D eigenvalue weighted by molar-refractivity contribution is 5.85. The van der Waals surface area contributed by atoms with E-state index in [9.17, 15) is 27.2 Å². The van der Waals surface area contributed by atoms with Gasteiger partial charge in [-0.15, -0.1) is 0 Å². The molecule has 0 fully saturated rings. The molecule has 2 aromatic rings. The van der Waals surface area contributed by atoms with Crippen molar-refractivity contribution in [1.82, 2.24) is 0 Å². The minimum atomic E-state index is -1.13. The average molecular weight is 326 g/mol. The van der Waals surface area contributed by atoms with Gasteiger partial charge in [-0.1, -0.05) is 6.07 Å². The van der Waals surface area contributed by atoms with Crippen molar-refractivity contribution < 1.29 is 32.3 Å². The predicted octanol–water partition coefficient (Wildman–Crippen LogP) is 3.84. The number of aliphatic carboxylic acids is 1. The summed E-state index contributed by atoms with van der Waals surface area (Å²) in [5.41, 5.74) is 0.445. The van der Waals surface area contributed by atoms with Crippen molar-refractivity contribution in [2.45, 2.75) is 0 Å². The average Bonchev–Trinajstić information content (AvgIpc) is 2.52. The summed E-state index contributed by atoms with van der Waals surface area (Å²) in [4.78, 5) is 20.1. The molecule has 0 bridgehead atoms. The van der Waals surface area contributed by atoms with Crippen LogP contribution in [-0.4, -0.2) is 17.4 Å². The Morgan fingerprint density at radius 2 is 1.30 bits per heavy atom. The van der Waals surface area contributed by atoms with E-state index in [0.717, 1.165) is 30.3 Å². The monoisotopic (exact) mass is 326 g/mol. The second-order valence-corrected chi connectivity index (χ2v) is 4.14. The first-order valence-electron chi connectivity index (χ1n) is 6.09. The zero-order valence-electron chi connectivity index (χ0n) is 11.5. The fourth-order valence-corrected chi connectivity index (χ4v) is 1.37. The van der Waals surface area contributed by atoms with Gasteiger partial charge in [0.2, 0.25) is 0 Å². The van der Waals surface area contributed by atoms with E-state index in [4.69, 9.17) is 5.11 Å². The van der Waals surface area contributed by atoms with Crippen LogP contribution in [0.2, 0.25) is 0 Å². The Hall–Kier alpha value is -2.96. The Morgan fingerprint density at radius 3 is 1.74 bits per heavy atom. The van der Waals surface area contributed by atoms with E-state index in [1.54, 1.807) is 0 Å². The molecule has 0 aliphatic carbocycles. The lowest BCUT2D eigenvalue weighted by atomic mass is 10.2. The van der Waals surface area contributed by atoms with E-state index in [-0.39, 0.29) is 5.56 Å². The number of rotatable bonds is 3. The van der Waals surface area contributed by atoms with Gasteiger partial charge in [0.25, 0.3) is 0 Å². The van der Waals surface area contributed by atoms with Gasteiger partial charge in [-0.2, -0.15) is 0 Å². The Morgan fingerprint density at radius 1 is 0.826 bits per heavy atom. The molecule has 23 heavy (non-hydrogen) atoms. The highest BCUT2D eigenvalue weighted by atomic mass is 19.2. The van der Waals surface area contributed by atoms with Crippen LogP contribution in [0.4, 0.5) is 17.6 Å². The minimum Gasteiger partial charge on any atom is -0.478 e. The molecule has 2 rings (SSSR count). The summed E-state index contributed by atoms with van der Waals surface area (Å²) in [5, 5.41) is 8.24. The number of aldehydes is 1. The molecule has 0 heterocycles. The maximum atomic E-state index is 12.5. The van der Waals surface area contributed by atoms with E-state index in [1.807, 2.05) is 0 Å². The molecule has 0 radical (unpaired) electrons. The lowest BCUT2D eigenvalue weighted by Gasteiger charge is -1.94. The van der Waals surface area contributed by atoms with E-state index < -0.39 is 29.2 Å². The van der Waals surface area contributed by atoms with Crippen molar-refractivity contribution in [3.05, 3.63) is 76.9 Å². The Labute approximate surface area is 128 Å². The van der Waals surface area contributed by atoms with Crippen LogP contribution in [0.25, 0.3) is 6.08 Å². The van der Waals surface area contributed by atoms with Gasteiger partial charge in [0.15, 0.2) is 23.3 Å². The Balaban J connectivity index is 0.000000238. The van der Waals surface area contributed by atoms with Crippen molar-refractivity contribution in [3.8, 4) is 0 Å². The van der Waals surface area contributed by atoms with Crippen LogP contribution in [0.15, 0.2) is 42.5 Å². The summed E-state index contributed by atoms with van der Waals surface area (Å²) in [6.45, 7) is 0. The highest BCUT2D eigenvalue weighted by Gasteiger charge is 2.00. The molecule has 0 atom stereocenters. The lowest BCUT2D eigenvalue weighted by molar-refractivity contribution is -0.131. The van der Waals surface area contributed by atoms with E-state index in [1.165, 1.54) is 18.2 Å². The zero-order valence-corrected chi connectivity index (χ0v) is 11.5. The quantitative estimate of drug-likeness (QED) is 0.530. The van der Waals surface area contributed by atoms with E-state index in [0.29, 0.717) is 11.8 Å². The van der Waals surface area contributed by atoms with Crippen LogP contribution in [0.3, 0.4) is 0 Å². The normalized spacial score (nSPS) is 10.1. The molecule has 2 aromatic carbocycles. The lowest BCUT2D eigenvalue weighted by Crippen LogP contribution is -1.87. The summed E-state index contributed by atoms with van der Waals surface area (Å²) in [6.07, 6.45) is 2.50. The number of halogens is 4. The molecule has 0 saturated heterocycles. The van der Waals surface area contributed by atoms with E-state index >= 15 is 0 Å². The number of carboxylic acids is 1. The van der Waals surface area contributed by atoms with Gasteiger partial charge in [0, 0.05) is 11.6 Å². The van der Waals surface area contributed by atoms with Crippen molar-refractivity contribution in [1.29, 1.82) is 0 Å². The highest BCUT2D eigenvalue weighted by Crippen LogP contribution is 2.09. The van der Waals surface area contributed by atoms with Crippen LogP contribution in [0, 0.1) is 23.3 Å². The molecule has 120 valence electrons. The van der Waals surface area contributed by atoms with Gasteiger partial charge in [0.05, 0.1) is 0 Å². The second kappa shape index (κ2) is 8.47. The molecule has 3 nitrogen and oxygen atoms in total. The summed E-state index contributed by atoms with van der Waals surface area (Å²) < 4.78 is 49.3. The summed E-state index contributed by atoms with van der Waals surface area (Å²) in [6, 6.07) is 6.14. The van der Waals surface area contributed by atoms with Crippen molar-refractivity contribution in [2.24, 2.45) is 0 Å². The standard InChI is InChI=1S/C9H6F2O2.C7H4F2O/c10-7-3-1-6(5-8(7)11)2-4-9(12)13;8-6-2-1-5(4-10)3-7(6)9/h1-5H,(H,12,13);1-4H/b4-2+;. The molecule has 0 unspecified atom stereocenters. The third-order valence-corrected chi connectivity index (χ3v) is 2.44. The summed E-state index contributed by atoms with van der Waals surface area (Å²) in [5.74, 6) is -5.01. The zero-order chi connectivity index (χ0) is 17.4. The first kappa shape index (κ1) is 18.1. The molecule has 0 amide bonds. The van der Waals surface area contributed by atoms with Crippen molar-refractivity contribution in [3.63, 3.8) is 0 Å². The number of hydrogen-bond donors (Lipinski definition) is 1. The first-order valence-corrected chi connectivity index (χ1v) is 6.09. The Bertz CT molecular complexity index is 742. The molecule has 7 heteroatoms. The first-order chi connectivity index (χ1) is 10.8. The van der Waals surface area contributed by atoms with Gasteiger partial charge in [-0.25, -0.2) is 22.4 Å². The van der Waals surface area contributed by atoms with Crippen LogP contribution >= 0.6 is 0 Å². The molecule has 0 aliphatic heterocycles. The third kappa shape index (κ3) is 6.13. The van der Waals surface area contributed by atoms with Gasteiger partial charge in [-0.05, 0) is 42.0 Å². The van der Waals surface area contributed by atoms with Gasteiger partial charge < -0.3 is 5.11 Å². The van der Waals surface area contributed by atoms with Crippen LogP contribution in [0.1, 0.15) is 15.9 Å². The summed E-state index contributed by atoms with van der Waals surface area (Å²) >= 11 is 0. The molecule has 0 spiro atoms. The van der Waals surface area contributed by atoms with Crippen LogP contribution < -0.4 is 0 Å². The smallest absolute Gasteiger partial charge is 0.328 e. The Kier molecular flexibility index (Phi) is 6.67. The van der Waals surface area contributed by atoms with Crippen molar-refractivity contribution in [2.75, 3.05) is 0 Å². The molecular weight excluding hydrogens is 316 g/mol. The van der Waals surface area contributed by atoms with Gasteiger partial charge in [0.1, 0.15) is 6.29 Å². The van der Waals surface area contributed by atoms with Crippen LogP contribution in [-0.2, 0) is 4.79 Å². The van der Waals surface area contributed by atoms with E-state index in [2.05, 4.69) is 0 Å². The predicted molar refractivity (Wildman–Crippen MR) is 74.8 cm³/mol. The fraction of sp³-hybridized carbons (Fsp3) is 0. The maximum absolute atomic E-state index is 12.5. The maximum Gasteiger partial charge on any atom is 0.328 e. The minimum absolute atomic E-state index is 0.138. The molecule has 0 aromatic heterocycles. The topological polar surface area (TPSA) is 54.4 Å². The molecule has 0 aliphatic rings. The molecule has 0 saturated carbocycles. The largest absolute Gasteiger partial charge is 0.478 e. The number of benzene rings is 2. The fourth-order valence-electron chi connectivity index (χ4n) is 1.37. The molecule has 1 N–H and O–H groups in total. The van der Waals surface area contributed by atoms with Gasteiger partial charge in [-0.3, -0.25) is 4.79 Å². The molecular formula is C16H10F4O3. The third-order valence-electron chi connectivity index (χ3n) is 2.44. The van der Waals surface area contributed by atoms with Crippen LogP contribution in [0.5, 0.6) is 0 Å². The number of hydrogen-bond acceptors (Lipinski definition) is 2. The van der Waals surface area contributed by atoms with Gasteiger partial charge >= 0.3 is 5.97 Å². The number of carboxylic acid groups (broad SMARTS) is 1. The number of carbonyl (C=O) groups excluding carboxylic acids is 1. The van der Waals surface area contributed by atoms with Crippen molar-refractivity contribution >= 4 is 18.3 Å².